The summed E-state index contributed by atoms with van der Waals surface area (Å²) in [6.45, 7) is 6.48. The van der Waals surface area contributed by atoms with Crippen LogP contribution in [0.4, 0.5) is 0 Å². The molecule has 0 bridgehead atoms. The van der Waals surface area contributed by atoms with Crippen molar-refractivity contribution in [3.8, 4) is 11.8 Å². The fraction of sp³-hybridized carbons (Fsp3) is 0.320. The number of nitriles is 1. The Morgan fingerprint density at radius 1 is 1.09 bits per heavy atom. The quantitative estimate of drug-likeness (QED) is 0.566. The zero-order valence-corrected chi connectivity index (χ0v) is 19.0. The molecule has 1 saturated heterocycles. The molecule has 2 heterocycles. The smallest absolute Gasteiger partial charge is 0.253 e. The van der Waals surface area contributed by atoms with Gasteiger partial charge in [0, 0.05) is 43.7 Å². The third kappa shape index (κ3) is 5.72. The van der Waals surface area contributed by atoms with Crippen LogP contribution in [0.1, 0.15) is 38.6 Å². The van der Waals surface area contributed by atoms with Crippen molar-refractivity contribution in [2.45, 2.75) is 26.5 Å². The van der Waals surface area contributed by atoms with E-state index in [9.17, 15) is 4.79 Å². The number of benzene rings is 2. The minimum absolute atomic E-state index is 0.0619. The van der Waals surface area contributed by atoms with Crippen molar-refractivity contribution in [1.29, 1.82) is 5.26 Å². The number of aryl methyl sites for hydroxylation is 1. The average Bonchev–Trinajstić information content (AvgIpc) is 3.10. The molecule has 1 aliphatic rings. The molecule has 1 fully saturated rings. The van der Waals surface area contributed by atoms with Gasteiger partial charge in [-0.3, -0.25) is 9.69 Å². The van der Waals surface area contributed by atoms with Gasteiger partial charge in [-0.2, -0.15) is 5.26 Å². The molecule has 0 radical (unpaired) electrons. The summed E-state index contributed by atoms with van der Waals surface area (Å²) in [5, 5.41) is 12.0. The van der Waals surface area contributed by atoms with E-state index in [2.05, 4.69) is 16.0 Å². The van der Waals surface area contributed by atoms with Crippen LogP contribution in [-0.4, -0.2) is 46.9 Å². The van der Waals surface area contributed by atoms with E-state index in [1.165, 1.54) is 5.56 Å². The van der Waals surface area contributed by atoms with Gasteiger partial charge in [-0.1, -0.05) is 12.1 Å². The second-order valence-corrected chi connectivity index (χ2v) is 8.96. The highest BCUT2D eigenvalue weighted by molar-refractivity contribution is 7.09. The Morgan fingerprint density at radius 3 is 2.56 bits per heavy atom. The van der Waals surface area contributed by atoms with E-state index in [1.54, 1.807) is 11.3 Å². The summed E-state index contributed by atoms with van der Waals surface area (Å²) in [4.78, 5) is 21.7. The Morgan fingerprint density at radius 2 is 1.88 bits per heavy atom. The number of amides is 1. The van der Waals surface area contributed by atoms with Crippen molar-refractivity contribution >= 4 is 17.2 Å². The predicted octanol–water partition coefficient (Wildman–Crippen LogP) is 4.25. The molecule has 4 rings (SSSR count). The Bertz CT molecular complexity index is 1090. The predicted molar refractivity (Wildman–Crippen MR) is 125 cm³/mol. The molecule has 1 amide bonds. The van der Waals surface area contributed by atoms with Gasteiger partial charge in [0.1, 0.15) is 12.4 Å². The van der Waals surface area contributed by atoms with E-state index in [0.717, 1.165) is 49.1 Å². The van der Waals surface area contributed by atoms with Crippen LogP contribution in [0.5, 0.6) is 5.75 Å². The number of hydrogen-bond acceptors (Lipinski definition) is 6. The highest BCUT2D eigenvalue weighted by Gasteiger charge is 2.20. The second kappa shape index (κ2) is 10.4. The molecule has 0 unspecified atom stereocenters. The maximum Gasteiger partial charge on any atom is 0.253 e. The summed E-state index contributed by atoms with van der Waals surface area (Å²) in [5.41, 5.74) is 3.47. The van der Waals surface area contributed by atoms with Gasteiger partial charge in [-0.25, -0.2) is 4.98 Å². The van der Waals surface area contributed by atoms with Gasteiger partial charge >= 0.3 is 0 Å². The lowest BCUT2D eigenvalue weighted by Gasteiger charge is -2.22. The summed E-state index contributed by atoms with van der Waals surface area (Å²) in [5.74, 6) is 0.795. The lowest BCUT2D eigenvalue weighted by Crippen LogP contribution is -2.35. The molecule has 2 aromatic carbocycles. The van der Waals surface area contributed by atoms with Crippen molar-refractivity contribution < 1.29 is 9.53 Å². The molecule has 7 heteroatoms. The summed E-state index contributed by atoms with van der Waals surface area (Å²) < 4.78 is 5.79. The fourth-order valence-corrected chi connectivity index (χ4v) is 4.38. The molecule has 32 heavy (non-hydrogen) atoms. The molecule has 1 aromatic heterocycles. The van der Waals surface area contributed by atoms with E-state index < -0.39 is 0 Å². The molecule has 1 aliphatic heterocycles. The van der Waals surface area contributed by atoms with Crippen molar-refractivity contribution in [3.05, 3.63) is 81.3 Å². The Labute approximate surface area is 192 Å². The number of nitrogens with zero attached hydrogens (tertiary/aromatic N) is 4. The maximum atomic E-state index is 13.0. The molecule has 0 N–H and O–H groups in total. The third-order valence-electron chi connectivity index (χ3n) is 5.52. The Kier molecular flexibility index (Phi) is 7.15. The highest BCUT2D eigenvalue weighted by Crippen LogP contribution is 2.18. The van der Waals surface area contributed by atoms with Crippen molar-refractivity contribution in [2.24, 2.45) is 0 Å². The van der Waals surface area contributed by atoms with Crippen LogP contribution in [0.3, 0.4) is 0 Å². The van der Waals surface area contributed by atoms with Gasteiger partial charge in [0.25, 0.3) is 5.91 Å². The molecule has 0 atom stereocenters. The summed E-state index contributed by atoms with van der Waals surface area (Å²) in [7, 11) is 0. The fourth-order valence-electron chi connectivity index (χ4n) is 3.78. The van der Waals surface area contributed by atoms with Gasteiger partial charge in [0.15, 0.2) is 0 Å². The van der Waals surface area contributed by atoms with Gasteiger partial charge in [-0.05, 0) is 55.3 Å². The molecule has 0 saturated carbocycles. The van der Waals surface area contributed by atoms with Crippen LogP contribution < -0.4 is 4.74 Å². The average molecular weight is 447 g/mol. The lowest BCUT2D eigenvalue weighted by molar-refractivity contribution is 0.0761. The first kappa shape index (κ1) is 22.0. The number of rotatable bonds is 6. The van der Waals surface area contributed by atoms with Crippen molar-refractivity contribution in [3.63, 3.8) is 0 Å². The van der Waals surface area contributed by atoms with E-state index in [1.807, 2.05) is 65.7 Å². The summed E-state index contributed by atoms with van der Waals surface area (Å²) >= 11 is 1.61. The zero-order chi connectivity index (χ0) is 22.3. The minimum Gasteiger partial charge on any atom is -0.487 e. The number of carbonyl (C=O) groups excluding carboxylic acids is 1. The van der Waals surface area contributed by atoms with E-state index in [0.29, 0.717) is 24.3 Å². The maximum absolute atomic E-state index is 13.0. The van der Waals surface area contributed by atoms with Gasteiger partial charge in [0.2, 0.25) is 0 Å². The zero-order valence-electron chi connectivity index (χ0n) is 18.2. The third-order valence-corrected chi connectivity index (χ3v) is 6.34. The first-order valence-electron chi connectivity index (χ1n) is 10.8. The standard InChI is InChI=1S/C25H26N4O2S/c1-19-27-23(18-32-19)17-31-24-9-7-22(8-10-24)25(30)29-12-2-11-28(13-14-29)16-21-5-3-20(15-26)4-6-21/h3-10,18H,2,11-14,16-17H2,1H3. The number of carbonyl (C=O) groups is 1. The normalized spacial score (nSPS) is 14.6. The van der Waals surface area contributed by atoms with Crippen molar-refractivity contribution in [2.75, 3.05) is 26.2 Å². The monoisotopic (exact) mass is 446 g/mol. The van der Waals surface area contributed by atoms with Crippen LogP contribution in [-0.2, 0) is 13.2 Å². The Hall–Kier alpha value is -3.21. The molecule has 164 valence electrons. The molecular formula is C25H26N4O2S. The van der Waals surface area contributed by atoms with Gasteiger partial charge < -0.3 is 9.64 Å². The molecule has 3 aromatic rings. The SMILES string of the molecule is Cc1nc(COc2ccc(C(=O)N3CCCN(Cc4ccc(C#N)cc4)CC3)cc2)cs1. The van der Waals surface area contributed by atoms with Crippen LogP contribution in [0.2, 0.25) is 0 Å². The number of thiazole rings is 1. The van der Waals surface area contributed by atoms with E-state index in [4.69, 9.17) is 10.00 Å². The van der Waals surface area contributed by atoms with Crippen LogP contribution in [0.15, 0.2) is 53.9 Å². The molecule has 6 nitrogen and oxygen atoms in total. The van der Waals surface area contributed by atoms with Gasteiger partial charge in [-0.15, -0.1) is 11.3 Å². The lowest BCUT2D eigenvalue weighted by atomic mass is 10.1. The van der Waals surface area contributed by atoms with Crippen molar-refractivity contribution in [1.82, 2.24) is 14.8 Å². The number of ether oxygens (including phenoxy) is 1. The molecular weight excluding hydrogens is 420 g/mol. The largest absolute Gasteiger partial charge is 0.487 e. The first-order chi connectivity index (χ1) is 15.6. The summed E-state index contributed by atoms with van der Waals surface area (Å²) in [6.07, 6.45) is 0.941. The van der Waals surface area contributed by atoms with Crippen LogP contribution in [0.25, 0.3) is 0 Å². The van der Waals surface area contributed by atoms with E-state index >= 15 is 0 Å². The number of aromatic nitrogens is 1. The van der Waals surface area contributed by atoms with E-state index in [-0.39, 0.29) is 5.91 Å². The van der Waals surface area contributed by atoms with Gasteiger partial charge in [0.05, 0.1) is 22.3 Å². The number of hydrogen-bond donors (Lipinski definition) is 0. The molecule has 0 aliphatic carbocycles. The topological polar surface area (TPSA) is 69.5 Å². The molecule has 0 spiro atoms. The van der Waals surface area contributed by atoms with Crippen LogP contribution >= 0.6 is 11.3 Å². The highest BCUT2D eigenvalue weighted by atomic mass is 32.1. The van der Waals surface area contributed by atoms with Crippen LogP contribution in [0, 0.1) is 18.3 Å². The second-order valence-electron chi connectivity index (χ2n) is 7.90. The minimum atomic E-state index is 0.0619. The first-order valence-corrected chi connectivity index (χ1v) is 11.6. The Balaban J connectivity index is 1.29. The summed E-state index contributed by atoms with van der Waals surface area (Å²) in [6, 6.07) is 17.2.